The van der Waals surface area contributed by atoms with Gasteiger partial charge in [0.2, 0.25) is 0 Å². The molecule has 0 aliphatic heterocycles. The van der Waals surface area contributed by atoms with Gasteiger partial charge in [-0.05, 0) is 42.3 Å². The predicted molar refractivity (Wildman–Crippen MR) is 76.5 cm³/mol. The van der Waals surface area contributed by atoms with E-state index < -0.39 is 0 Å². The molecule has 0 spiro atoms. The Kier molecular flexibility index (Phi) is 4.27. The molecule has 2 aromatic rings. The topological polar surface area (TPSA) is 21.3 Å². The second-order valence-electron chi connectivity index (χ2n) is 4.28. The second kappa shape index (κ2) is 5.93. The normalized spacial score (nSPS) is 10.3. The maximum atomic E-state index is 13.2. The van der Waals surface area contributed by atoms with Gasteiger partial charge in [0.1, 0.15) is 11.6 Å². The van der Waals surface area contributed by atoms with Crippen molar-refractivity contribution in [1.29, 1.82) is 0 Å². The lowest BCUT2D eigenvalue weighted by molar-refractivity contribution is 0.415. The minimum Gasteiger partial charge on any atom is -0.495 e. The summed E-state index contributed by atoms with van der Waals surface area (Å²) in [6, 6.07) is 10.3. The number of hydrogen-bond acceptors (Lipinski definition) is 2. The molecule has 0 bridgehead atoms. The Morgan fingerprint density at radius 1 is 1.21 bits per heavy atom. The molecule has 0 heterocycles. The highest BCUT2D eigenvalue weighted by Crippen LogP contribution is 2.25. The first-order valence-electron chi connectivity index (χ1n) is 5.92. The summed E-state index contributed by atoms with van der Waals surface area (Å²) in [5, 5.41) is 3.76. The Labute approximate surface area is 117 Å². The highest BCUT2D eigenvalue weighted by molar-refractivity contribution is 6.32. The van der Waals surface area contributed by atoms with Crippen LogP contribution < -0.4 is 10.1 Å². The van der Waals surface area contributed by atoms with Crippen LogP contribution in [0.15, 0.2) is 36.4 Å². The van der Waals surface area contributed by atoms with E-state index in [9.17, 15) is 4.39 Å². The van der Waals surface area contributed by atoms with Crippen molar-refractivity contribution >= 4 is 17.3 Å². The molecule has 0 aromatic heterocycles. The van der Waals surface area contributed by atoms with Gasteiger partial charge in [0, 0.05) is 12.2 Å². The molecule has 2 aromatic carbocycles. The average Bonchev–Trinajstić information content (AvgIpc) is 2.40. The fraction of sp³-hybridized carbons (Fsp3) is 0.200. The van der Waals surface area contributed by atoms with E-state index in [0.29, 0.717) is 17.3 Å². The lowest BCUT2D eigenvalue weighted by Crippen LogP contribution is -2.01. The number of methoxy groups -OCH3 is 1. The summed E-state index contributed by atoms with van der Waals surface area (Å²) in [6.45, 7) is 2.51. The maximum absolute atomic E-state index is 13.2. The molecule has 0 radical (unpaired) electrons. The molecule has 0 fully saturated rings. The smallest absolute Gasteiger partial charge is 0.137 e. The Hall–Kier alpha value is -1.74. The summed E-state index contributed by atoms with van der Waals surface area (Å²) < 4.78 is 18.3. The molecule has 0 saturated carbocycles. The molecule has 0 aliphatic rings. The van der Waals surface area contributed by atoms with Crippen LogP contribution in [0.2, 0.25) is 5.02 Å². The zero-order valence-corrected chi connectivity index (χ0v) is 11.6. The van der Waals surface area contributed by atoms with E-state index in [-0.39, 0.29) is 5.82 Å². The van der Waals surface area contributed by atoms with Gasteiger partial charge in [0.25, 0.3) is 0 Å². The molecule has 2 rings (SSSR count). The molecule has 4 heteroatoms. The Balaban J connectivity index is 2.10. The van der Waals surface area contributed by atoms with Crippen LogP contribution in [-0.2, 0) is 6.54 Å². The van der Waals surface area contributed by atoms with Crippen molar-refractivity contribution in [3.8, 4) is 5.75 Å². The summed E-state index contributed by atoms with van der Waals surface area (Å²) in [5.74, 6) is 0.396. The molecular formula is C15H15ClFNO. The van der Waals surface area contributed by atoms with E-state index in [0.717, 1.165) is 16.8 Å². The quantitative estimate of drug-likeness (QED) is 0.895. The summed E-state index contributed by atoms with van der Waals surface area (Å²) in [7, 11) is 1.58. The molecule has 0 atom stereocenters. The minimum absolute atomic E-state index is 0.249. The first kappa shape index (κ1) is 13.7. The molecule has 100 valence electrons. The van der Waals surface area contributed by atoms with Crippen LogP contribution in [-0.4, -0.2) is 7.11 Å². The van der Waals surface area contributed by atoms with Crippen molar-refractivity contribution in [1.82, 2.24) is 0 Å². The summed E-state index contributed by atoms with van der Waals surface area (Å²) in [4.78, 5) is 0. The van der Waals surface area contributed by atoms with E-state index in [1.54, 1.807) is 13.2 Å². The van der Waals surface area contributed by atoms with Gasteiger partial charge < -0.3 is 10.1 Å². The van der Waals surface area contributed by atoms with Crippen molar-refractivity contribution in [3.63, 3.8) is 0 Å². The Morgan fingerprint density at radius 2 is 2.00 bits per heavy atom. The van der Waals surface area contributed by atoms with Gasteiger partial charge in [-0.25, -0.2) is 4.39 Å². The summed E-state index contributed by atoms with van der Waals surface area (Å²) in [6.07, 6.45) is 0. The maximum Gasteiger partial charge on any atom is 0.137 e. The summed E-state index contributed by atoms with van der Waals surface area (Å²) >= 11 is 6.05. The van der Waals surface area contributed by atoms with Crippen molar-refractivity contribution in [2.45, 2.75) is 13.5 Å². The van der Waals surface area contributed by atoms with Crippen LogP contribution in [0.25, 0.3) is 0 Å². The third kappa shape index (κ3) is 3.38. The van der Waals surface area contributed by atoms with Gasteiger partial charge in [-0.2, -0.15) is 0 Å². The van der Waals surface area contributed by atoms with Crippen molar-refractivity contribution in [2.75, 3.05) is 12.4 Å². The SMILES string of the molecule is COc1ccc(CNc2cc(F)ccc2C)cc1Cl. The highest BCUT2D eigenvalue weighted by Gasteiger charge is 2.03. The molecular weight excluding hydrogens is 265 g/mol. The molecule has 0 saturated heterocycles. The zero-order valence-electron chi connectivity index (χ0n) is 10.8. The molecule has 0 aliphatic carbocycles. The van der Waals surface area contributed by atoms with E-state index >= 15 is 0 Å². The molecule has 0 amide bonds. The number of hydrogen-bond donors (Lipinski definition) is 1. The van der Waals surface area contributed by atoms with Gasteiger partial charge in [0.15, 0.2) is 0 Å². The van der Waals surface area contributed by atoms with Gasteiger partial charge in [0.05, 0.1) is 12.1 Å². The second-order valence-corrected chi connectivity index (χ2v) is 4.69. The minimum atomic E-state index is -0.249. The van der Waals surface area contributed by atoms with Crippen LogP contribution in [0.4, 0.5) is 10.1 Å². The van der Waals surface area contributed by atoms with Crippen molar-refractivity contribution in [3.05, 3.63) is 58.4 Å². The third-order valence-corrected chi connectivity index (χ3v) is 3.19. The number of anilines is 1. The lowest BCUT2D eigenvalue weighted by atomic mass is 10.1. The predicted octanol–water partition coefficient (Wildman–Crippen LogP) is 4.41. The number of ether oxygens (including phenoxy) is 1. The van der Waals surface area contributed by atoms with Crippen LogP contribution in [0.3, 0.4) is 0 Å². The van der Waals surface area contributed by atoms with Gasteiger partial charge >= 0.3 is 0 Å². The first-order chi connectivity index (χ1) is 9.10. The van der Waals surface area contributed by atoms with Crippen LogP contribution in [0, 0.1) is 12.7 Å². The zero-order chi connectivity index (χ0) is 13.8. The van der Waals surface area contributed by atoms with Crippen molar-refractivity contribution in [2.24, 2.45) is 0 Å². The average molecular weight is 280 g/mol. The van der Waals surface area contributed by atoms with E-state index in [2.05, 4.69) is 5.32 Å². The third-order valence-electron chi connectivity index (χ3n) is 2.90. The first-order valence-corrected chi connectivity index (χ1v) is 6.30. The van der Waals surface area contributed by atoms with Gasteiger partial charge in [-0.15, -0.1) is 0 Å². The van der Waals surface area contributed by atoms with Gasteiger partial charge in [-0.1, -0.05) is 23.7 Å². The van der Waals surface area contributed by atoms with Gasteiger partial charge in [-0.3, -0.25) is 0 Å². The fourth-order valence-electron chi connectivity index (χ4n) is 1.80. The summed E-state index contributed by atoms with van der Waals surface area (Å²) in [5.41, 5.74) is 2.79. The van der Waals surface area contributed by atoms with E-state index in [4.69, 9.17) is 16.3 Å². The Bertz CT molecular complexity index is 586. The number of rotatable bonds is 4. The largest absolute Gasteiger partial charge is 0.495 e. The fourth-order valence-corrected chi connectivity index (χ4v) is 2.08. The number of aryl methyl sites for hydroxylation is 1. The molecule has 1 N–H and O–H groups in total. The Morgan fingerprint density at radius 3 is 2.68 bits per heavy atom. The van der Waals surface area contributed by atoms with Crippen molar-refractivity contribution < 1.29 is 9.13 Å². The number of halogens is 2. The molecule has 19 heavy (non-hydrogen) atoms. The van der Waals surface area contributed by atoms with E-state index in [1.165, 1.54) is 12.1 Å². The highest BCUT2D eigenvalue weighted by atomic mass is 35.5. The van der Waals surface area contributed by atoms with E-state index in [1.807, 2.05) is 25.1 Å². The number of nitrogens with one attached hydrogen (secondary N) is 1. The monoisotopic (exact) mass is 279 g/mol. The number of benzene rings is 2. The lowest BCUT2D eigenvalue weighted by Gasteiger charge is -2.11. The van der Waals surface area contributed by atoms with Crippen LogP contribution in [0.1, 0.15) is 11.1 Å². The van der Waals surface area contributed by atoms with Crippen LogP contribution in [0.5, 0.6) is 5.75 Å². The standard InChI is InChI=1S/C15H15ClFNO/c1-10-3-5-12(17)8-14(10)18-9-11-4-6-15(19-2)13(16)7-11/h3-8,18H,9H2,1-2H3. The molecule has 0 unspecified atom stereocenters. The van der Waals surface area contributed by atoms with Crippen LogP contribution >= 0.6 is 11.6 Å². The molecule has 2 nitrogen and oxygen atoms in total.